The van der Waals surface area contributed by atoms with Crippen LogP contribution >= 0.6 is 0 Å². The lowest BCUT2D eigenvalue weighted by molar-refractivity contribution is -0.163. The Morgan fingerprint density at radius 2 is 0.976 bits per heavy atom. The number of carbonyl (C=O) groups excluding carboxylic acids is 2. The Morgan fingerprint density at radius 1 is 0.585 bits per heavy atom. The summed E-state index contributed by atoms with van der Waals surface area (Å²) >= 11 is 0. The lowest BCUT2D eigenvalue weighted by atomic mass is 10.0. The van der Waals surface area contributed by atoms with Gasteiger partial charge >= 0.3 is 0 Å². The Hall–Kier alpha value is -1.42. The van der Waals surface area contributed by atoms with Gasteiger partial charge in [-0.3, -0.25) is 9.59 Å². The van der Waals surface area contributed by atoms with Crippen LogP contribution in [0.3, 0.4) is 0 Å². The molecule has 0 unspecified atom stereocenters. The van der Waals surface area contributed by atoms with Crippen molar-refractivity contribution in [3.05, 3.63) is 0 Å². The van der Waals surface area contributed by atoms with E-state index in [2.05, 4.69) is 0 Å². The monoisotopic (exact) mass is 605 g/mol. The summed E-state index contributed by atoms with van der Waals surface area (Å²) in [6.45, 7) is 0.0669. The van der Waals surface area contributed by atoms with E-state index in [1.165, 1.54) is 6.92 Å². The second-order valence-corrected chi connectivity index (χ2v) is 9.16. The highest BCUT2D eigenvalue weighted by molar-refractivity contribution is 5.81. The third-order valence-electron chi connectivity index (χ3n) is 5.77. The molecule has 41 heavy (non-hydrogen) atoms. The summed E-state index contributed by atoms with van der Waals surface area (Å²) in [4.78, 5) is 24.3. The van der Waals surface area contributed by atoms with Gasteiger partial charge in [-0.25, -0.2) is 0 Å². The maximum absolute atomic E-state index is 12.8. The van der Waals surface area contributed by atoms with Crippen LogP contribution < -0.4 is 0 Å². The standard InChI is InChI=1S/C24H47NO16/c1-15(28)2-4-38-6-8-40-10-11-41-9-7-39-5-3-25(12-16(29)19(32)20(33)17(30)13-26)24(37)23(36)22(35)21(34)18(31)14-27/h16-23,26-27,29-36H,2-14H2,1H3/t16-,17+,18+,19+,20+,21+,22-,23+/m0/s1. The highest BCUT2D eigenvalue weighted by Gasteiger charge is 2.38. The number of hydrogen-bond acceptors (Lipinski definition) is 16. The van der Waals surface area contributed by atoms with Crippen molar-refractivity contribution in [2.45, 2.75) is 62.2 Å². The molecule has 17 nitrogen and oxygen atoms in total. The van der Waals surface area contributed by atoms with Crippen molar-refractivity contribution < 1.29 is 79.6 Å². The lowest BCUT2D eigenvalue weighted by Gasteiger charge is -2.33. The summed E-state index contributed by atoms with van der Waals surface area (Å²) in [6, 6.07) is 0. The number of hydrogen-bond donors (Lipinski definition) is 10. The Bertz CT molecular complexity index is 688. The van der Waals surface area contributed by atoms with Gasteiger partial charge in [0.05, 0.1) is 66.1 Å². The fourth-order valence-electron chi connectivity index (χ4n) is 3.20. The summed E-state index contributed by atoms with van der Waals surface area (Å²) in [5, 5.41) is 97.0. The summed E-state index contributed by atoms with van der Waals surface area (Å²) < 4.78 is 21.2. The van der Waals surface area contributed by atoms with Crippen LogP contribution in [0.5, 0.6) is 0 Å². The molecule has 0 aromatic heterocycles. The largest absolute Gasteiger partial charge is 0.394 e. The van der Waals surface area contributed by atoms with Gasteiger partial charge in [-0.1, -0.05) is 0 Å². The van der Waals surface area contributed by atoms with Gasteiger partial charge in [-0.2, -0.15) is 0 Å². The summed E-state index contributed by atoms with van der Waals surface area (Å²) in [7, 11) is 0. The zero-order chi connectivity index (χ0) is 31.4. The molecule has 17 heteroatoms. The van der Waals surface area contributed by atoms with Crippen LogP contribution in [0.15, 0.2) is 0 Å². The van der Waals surface area contributed by atoms with Gasteiger partial charge in [-0.05, 0) is 6.92 Å². The quantitative estimate of drug-likeness (QED) is 0.0411. The minimum absolute atomic E-state index is 0.0401. The van der Waals surface area contributed by atoms with E-state index in [1.807, 2.05) is 0 Å². The van der Waals surface area contributed by atoms with Crippen molar-refractivity contribution >= 4 is 11.7 Å². The molecule has 0 fully saturated rings. The van der Waals surface area contributed by atoms with E-state index < -0.39 is 74.5 Å². The highest BCUT2D eigenvalue weighted by Crippen LogP contribution is 2.12. The summed E-state index contributed by atoms with van der Waals surface area (Å²) in [5.74, 6) is -1.22. The van der Waals surface area contributed by atoms with Crippen molar-refractivity contribution in [2.24, 2.45) is 0 Å². The van der Waals surface area contributed by atoms with E-state index in [9.17, 15) is 50.4 Å². The predicted octanol–water partition coefficient (Wildman–Crippen LogP) is -6.27. The molecule has 0 radical (unpaired) electrons. The highest BCUT2D eigenvalue weighted by atomic mass is 16.6. The van der Waals surface area contributed by atoms with Crippen LogP contribution in [0.2, 0.25) is 0 Å². The molecule has 244 valence electrons. The molecule has 0 heterocycles. The smallest absolute Gasteiger partial charge is 0.254 e. The molecular formula is C24H47NO16. The molecule has 0 bridgehead atoms. The molecule has 0 saturated heterocycles. The lowest BCUT2D eigenvalue weighted by Crippen LogP contribution is -2.56. The molecule has 0 aliphatic carbocycles. The van der Waals surface area contributed by atoms with E-state index in [0.29, 0.717) is 26.2 Å². The van der Waals surface area contributed by atoms with Crippen LogP contribution in [0.4, 0.5) is 0 Å². The van der Waals surface area contributed by atoms with Crippen LogP contribution in [-0.4, -0.2) is 196 Å². The van der Waals surface area contributed by atoms with E-state index >= 15 is 0 Å². The second kappa shape index (κ2) is 23.1. The fourth-order valence-corrected chi connectivity index (χ4v) is 3.20. The van der Waals surface area contributed by atoms with E-state index in [-0.39, 0.29) is 45.4 Å². The number of rotatable bonds is 26. The van der Waals surface area contributed by atoms with E-state index in [1.54, 1.807) is 0 Å². The fraction of sp³-hybridized carbons (Fsp3) is 0.917. The Kier molecular flexibility index (Phi) is 22.3. The first-order valence-corrected chi connectivity index (χ1v) is 13.1. The number of ketones is 1. The van der Waals surface area contributed by atoms with Crippen molar-refractivity contribution in [1.82, 2.24) is 4.90 Å². The number of aliphatic hydroxyl groups is 10. The van der Waals surface area contributed by atoms with Crippen molar-refractivity contribution in [3.8, 4) is 0 Å². The molecule has 8 atom stereocenters. The zero-order valence-corrected chi connectivity index (χ0v) is 23.2. The number of carbonyl (C=O) groups is 2. The first-order chi connectivity index (χ1) is 19.4. The molecule has 0 saturated carbocycles. The third kappa shape index (κ3) is 16.7. The minimum Gasteiger partial charge on any atom is -0.394 e. The number of Topliss-reactive ketones (excluding diaryl/α,β-unsaturated/α-hetero) is 1. The molecule has 0 spiro atoms. The average Bonchev–Trinajstić information content (AvgIpc) is 2.96. The minimum atomic E-state index is -2.33. The van der Waals surface area contributed by atoms with Gasteiger partial charge in [-0.15, -0.1) is 0 Å². The predicted molar refractivity (Wildman–Crippen MR) is 137 cm³/mol. The number of aliphatic hydroxyl groups excluding tert-OH is 10. The Balaban J connectivity index is 4.72. The maximum Gasteiger partial charge on any atom is 0.254 e. The number of ether oxygens (including phenoxy) is 4. The zero-order valence-electron chi connectivity index (χ0n) is 23.2. The van der Waals surface area contributed by atoms with Gasteiger partial charge in [0.25, 0.3) is 5.91 Å². The van der Waals surface area contributed by atoms with E-state index in [0.717, 1.165) is 4.90 Å². The molecule has 1 amide bonds. The Labute approximate surface area is 238 Å². The van der Waals surface area contributed by atoms with Crippen LogP contribution in [0.25, 0.3) is 0 Å². The summed E-state index contributed by atoms with van der Waals surface area (Å²) in [5.41, 5.74) is 0. The van der Waals surface area contributed by atoms with Gasteiger partial charge in [0.2, 0.25) is 0 Å². The maximum atomic E-state index is 12.8. The molecule has 0 aromatic rings. The topological polar surface area (TPSA) is 277 Å². The normalized spacial score (nSPS) is 17.7. The first kappa shape index (κ1) is 39.6. The van der Waals surface area contributed by atoms with Gasteiger partial charge in [0, 0.05) is 19.5 Å². The van der Waals surface area contributed by atoms with Crippen molar-refractivity contribution in [1.29, 1.82) is 0 Å². The van der Waals surface area contributed by atoms with Crippen LogP contribution in [0.1, 0.15) is 13.3 Å². The SMILES string of the molecule is CC(=O)CCOCCOCCOCCOCCN(C[C@H](O)[C@@H](O)[C@H](O)[C@H](O)CO)C(=O)[C@H](O)[C@@H](O)[C@H](O)[C@H](O)CO. The van der Waals surface area contributed by atoms with Gasteiger partial charge in [0.1, 0.15) is 48.5 Å². The van der Waals surface area contributed by atoms with Gasteiger partial charge in [0.15, 0.2) is 6.10 Å². The summed E-state index contributed by atoms with van der Waals surface area (Å²) in [6.07, 6.45) is -15.9. The number of amides is 1. The molecule has 10 N–H and O–H groups in total. The molecule has 0 aliphatic heterocycles. The first-order valence-electron chi connectivity index (χ1n) is 13.1. The number of nitrogens with zero attached hydrogens (tertiary/aromatic N) is 1. The average molecular weight is 606 g/mol. The second-order valence-electron chi connectivity index (χ2n) is 9.16. The molecule has 0 aliphatic rings. The Morgan fingerprint density at radius 3 is 1.41 bits per heavy atom. The van der Waals surface area contributed by atoms with E-state index in [4.69, 9.17) is 29.2 Å². The van der Waals surface area contributed by atoms with Gasteiger partial charge < -0.3 is 74.9 Å². The molecular weight excluding hydrogens is 558 g/mol. The molecule has 0 aromatic carbocycles. The molecule has 0 rings (SSSR count). The third-order valence-corrected chi connectivity index (χ3v) is 5.77. The van der Waals surface area contributed by atoms with Crippen molar-refractivity contribution in [3.63, 3.8) is 0 Å². The van der Waals surface area contributed by atoms with Crippen LogP contribution in [-0.2, 0) is 28.5 Å². The van der Waals surface area contributed by atoms with Crippen LogP contribution in [0, 0.1) is 0 Å². The van der Waals surface area contributed by atoms with Crippen molar-refractivity contribution in [2.75, 3.05) is 79.2 Å².